The Kier molecular flexibility index (Phi) is 1.74. The van der Waals surface area contributed by atoms with Crippen LogP contribution >= 0.6 is 0 Å². The molecule has 0 saturated heterocycles. The van der Waals surface area contributed by atoms with E-state index in [1.165, 1.54) is 0 Å². The topological polar surface area (TPSA) is 50.7 Å². The molecule has 4 heteroatoms. The van der Waals surface area contributed by atoms with Gasteiger partial charge in [-0.3, -0.25) is 4.79 Å². The highest BCUT2D eigenvalue weighted by molar-refractivity contribution is 6.00. The average molecular weight is 202 g/mol. The van der Waals surface area contributed by atoms with Gasteiger partial charge in [-0.1, -0.05) is 12.1 Å². The number of nitrogens with zero attached hydrogens (tertiary/aromatic N) is 1. The Morgan fingerprint density at radius 1 is 1.33 bits per heavy atom. The monoisotopic (exact) mass is 202 g/mol. The summed E-state index contributed by atoms with van der Waals surface area (Å²) >= 11 is 0. The Labute approximate surface area is 86.9 Å². The molecule has 1 aliphatic heterocycles. The van der Waals surface area contributed by atoms with Crippen LogP contribution in [-0.4, -0.2) is 11.8 Å². The molecule has 15 heavy (non-hydrogen) atoms. The number of ether oxygens (including phenoxy) is 1. The molecule has 1 amide bonds. The summed E-state index contributed by atoms with van der Waals surface area (Å²) in [4.78, 5) is 11.6. The number of benzene rings is 1. The number of carbonyl (C=O) groups excluding carboxylic acids is 1. The zero-order chi connectivity index (χ0) is 10.3. The number of hydrogen-bond donors (Lipinski definition) is 1. The number of carbonyl (C=O) groups is 1. The van der Waals surface area contributed by atoms with Crippen molar-refractivity contribution in [3.05, 3.63) is 29.8 Å². The van der Waals surface area contributed by atoms with E-state index in [1.807, 2.05) is 12.1 Å². The largest absolute Gasteiger partial charge is 0.440 e. The van der Waals surface area contributed by atoms with E-state index in [9.17, 15) is 4.79 Å². The van der Waals surface area contributed by atoms with Crippen molar-refractivity contribution in [2.75, 3.05) is 0 Å². The number of hydrazone groups is 1. The summed E-state index contributed by atoms with van der Waals surface area (Å²) in [5.41, 5.74) is 3.03. The molecule has 4 nitrogen and oxygen atoms in total. The molecule has 1 saturated carbocycles. The van der Waals surface area contributed by atoms with Crippen LogP contribution in [0.25, 0.3) is 0 Å². The second kappa shape index (κ2) is 3.08. The molecule has 1 fully saturated rings. The molecule has 76 valence electrons. The van der Waals surface area contributed by atoms with Gasteiger partial charge in [0.2, 0.25) is 5.90 Å². The van der Waals surface area contributed by atoms with Crippen molar-refractivity contribution in [2.24, 2.45) is 11.0 Å². The normalized spacial score (nSPS) is 19.5. The second-order valence-electron chi connectivity index (χ2n) is 3.76. The quantitative estimate of drug-likeness (QED) is 0.750. The van der Waals surface area contributed by atoms with Gasteiger partial charge < -0.3 is 4.74 Å². The minimum Gasteiger partial charge on any atom is -0.440 e. The van der Waals surface area contributed by atoms with Crippen LogP contribution in [0.15, 0.2) is 29.4 Å². The van der Waals surface area contributed by atoms with Crippen LogP contribution in [0.5, 0.6) is 5.75 Å². The lowest BCUT2D eigenvalue weighted by atomic mass is 10.2. The first-order valence-electron chi connectivity index (χ1n) is 4.99. The molecule has 1 heterocycles. The van der Waals surface area contributed by atoms with Crippen LogP contribution in [-0.2, 0) is 0 Å². The Bertz CT molecular complexity index is 450. The van der Waals surface area contributed by atoms with Gasteiger partial charge in [0, 0.05) is 5.92 Å². The number of hydrogen-bond acceptors (Lipinski definition) is 3. The fourth-order valence-corrected chi connectivity index (χ4v) is 1.55. The lowest BCUT2D eigenvalue weighted by Gasteiger charge is -2.05. The Hall–Kier alpha value is -1.84. The predicted octanol–water partition coefficient (Wildman–Crippen LogP) is 1.53. The molecule has 0 bridgehead atoms. The van der Waals surface area contributed by atoms with Crippen molar-refractivity contribution >= 4 is 11.8 Å². The van der Waals surface area contributed by atoms with Gasteiger partial charge in [0.25, 0.3) is 5.91 Å². The van der Waals surface area contributed by atoms with Crippen molar-refractivity contribution in [3.8, 4) is 5.75 Å². The van der Waals surface area contributed by atoms with Gasteiger partial charge in [-0.2, -0.15) is 0 Å². The highest BCUT2D eigenvalue weighted by Gasteiger charge is 2.32. The highest BCUT2D eigenvalue weighted by Crippen LogP contribution is 2.33. The van der Waals surface area contributed by atoms with E-state index < -0.39 is 0 Å². The molecule has 1 aliphatic carbocycles. The third-order valence-corrected chi connectivity index (χ3v) is 2.54. The van der Waals surface area contributed by atoms with E-state index >= 15 is 0 Å². The van der Waals surface area contributed by atoms with Crippen LogP contribution in [0.3, 0.4) is 0 Å². The fourth-order valence-electron chi connectivity index (χ4n) is 1.55. The van der Waals surface area contributed by atoms with Crippen molar-refractivity contribution in [3.63, 3.8) is 0 Å². The van der Waals surface area contributed by atoms with E-state index in [1.54, 1.807) is 12.1 Å². The lowest BCUT2D eigenvalue weighted by Crippen LogP contribution is -2.17. The minimum absolute atomic E-state index is 0.207. The van der Waals surface area contributed by atoms with Gasteiger partial charge in [-0.25, -0.2) is 5.43 Å². The maximum absolute atomic E-state index is 11.6. The third kappa shape index (κ3) is 1.48. The van der Waals surface area contributed by atoms with Crippen LogP contribution in [0.2, 0.25) is 0 Å². The van der Waals surface area contributed by atoms with E-state index in [0.717, 1.165) is 12.8 Å². The van der Waals surface area contributed by atoms with Crippen molar-refractivity contribution in [2.45, 2.75) is 12.8 Å². The van der Waals surface area contributed by atoms with Crippen molar-refractivity contribution in [1.82, 2.24) is 5.43 Å². The lowest BCUT2D eigenvalue weighted by molar-refractivity contribution is 0.0955. The van der Waals surface area contributed by atoms with Gasteiger partial charge in [0.15, 0.2) is 0 Å². The first kappa shape index (κ1) is 8.47. The first-order valence-corrected chi connectivity index (χ1v) is 4.99. The van der Waals surface area contributed by atoms with Gasteiger partial charge in [0.1, 0.15) is 5.75 Å². The first-order chi connectivity index (χ1) is 7.34. The molecule has 0 aromatic heterocycles. The Morgan fingerprint density at radius 2 is 2.13 bits per heavy atom. The van der Waals surface area contributed by atoms with Crippen molar-refractivity contribution in [1.29, 1.82) is 0 Å². The van der Waals surface area contributed by atoms with Crippen LogP contribution in [0.1, 0.15) is 23.2 Å². The van der Waals surface area contributed by atoms with Crippen molar-refractivity contribution < 1.29 is 9.53 Å². The maximum atomic E-state index is 11.6. The summed E-state index contributed by atoms with van der Waals surface area (Å²) in [6.07, 6.45) is 2.19. The van der Waals surface area contributed by atoms with Crippen LogP contribution in [0, 0.1) is 5.92 Å². The molecule has 0 atom stereocenters. The van der Waals surface area contributed by atoms with Gasteiger partial charge in [-0.15, -0.1) is 5.10 Å². The number of nitrogens with one attached hydrogen (secondary N) is 1. The molecular weight excluding hydrogens is 192 g/mol. The zero-order valence-electron chi connectivity index (χ0n) is 8.06. The Morgan fingerprint density at radius 3 is 2.93 bits per heavy atom. The molecular formula is C11H10N2O2. The summed E-state index contributed by atoms with van der Waals surface area (Å²) in [6.45, 7) is 0. The smallest absolute Gasteiger partial charge is 0.275 e. The summed E-state index contributed by atoms with van der Waals surface area (Å²) < 4.78 is 5.62. The standard InChI is InChI=1S/C11H10N2O2/c14-10-8-3-1-2-4-9(8)15-11(13-12-10)7-5-6-7/h1-4,7H,5-6H2,(H,12,14). The fraction of sp³-hybridized carbons (Fsp3) is 0.273. The van der Waals surface area contributed by atoms with E-state index in [0.29, 0.717) is 23.1 Å². The van der Waals surface area contributed by atoms with E-state index in [2.05, 4.69) is 10.5 Å². The molecule has 0 unspecified atom stereocenters. The minimum atomic E-state index is -0.207. The summed E-state index contributed by atoms with van der Waals surface area (Å²) in [5, 5.41) is 3.98. The highest BCUT2D eigenvalue weighted by atomic mass is 16.5. The summed E-state index contributed by atoms with van der Waals surface area (Å²) in [5.74, 6) is 1.41. The Balaban J connectivity index is 2.01. The van der Waals surface area contributed by atoms with Crippen LogP contribution < -0.4 is 10.2 Å². The molecule has 1 N–H and O–H groups in total. The number of amides is 1. The molecule has 0 radical (unpaired) electrons. The molecule has 1 aromatic carbocycles. The number of rotatable bonds is 1. The molecule has 3 rings (SSSR count). The molecule has 1 aromatic rings. The summed E-state index contributed by atoms with van der Waals surface area (Å²) in [7, 11) is 0. The van der Waals surface area contributed by atoms with Gasteiger partial charge in [0.05, 0.1) is 5.56 Å². The SMILES string of the molecule is O=C1NN=C(C2CC2)Oc2ccccc21. The number of para-hydroxylation sites is 1. The molecule has 2 aliphatic rings. The third-order valence-electron chi connectivity index (χ3n) is 2.54. The van der Waals surface area contributed by atoms with Gasteiger partial charge >= 0.3 is 0 Å². The molecule has 0 spiro atoms. The van der Waals surface area contributed by atoms with Gasteiger partial charge in [-0.05, 0) is 25.0 Å². The number of fused-ring (bicyclic) bond motifs is 1. The second-order valence-corrected chi connectivity index (χ2v) is 3.76. The predicted molar refractivity (Wildman–Crippen MR) is 54.7 cm³/mol. The summed E-state index contributed by atoms with van der Waals surface area (Å²) in [6, 6.07) is 7.18. The van der Waals surface area contributed by atoms with E-state index in [-0.39, 0.29) is 5.91 Å². The average Bonchev–Trinajstić information content (AvgIpc) is 3.06. The maximum Gasteiger partial charge on any atom is 0.275 e. The zero-order valence-corrected chi connectivity index (χ0v) is 8.06. The van der Waals surface area contributed by atoms with Crippen LogP contribution in [0.4, 0.5) is 0 Å². The van der Waals surface area contributed by atoms with E-state index in [4.69, 9.17) is 4.74 Å².